The standard InChI is InChI=1S/C13H12ClN3S/c1-8(17-13(15)10(14)7-16-17)12-6-9-4-2-3-5-11(9)18-12/h2-8H,15H2,1H3. The summed E-state index contributed by atoms with van der Waals surface area (Å²) < 4.78 is 3.03. The zero-order valence-corrected chi connectivity index (χ0v) is 11.4. The third-order valence-corrected chi connectivity index (χ3v) is 4.59. The molecule has 2 aromatic heterocycles. The van der Waals surface area contributed by atoms with Crippen molar-refractivity contribution in [3.63, 3.8) is 0 Å². The summed E-state index contributed by atoms with van der Waals surface area (Å²) in [5.74, 6) is 0.515. The molecule has 0 saturated heterocycles. The predicted molar refractivity (Wildman–Crippen MR) is 77.3 cm³/mol. The smallest absolute Gasteiger partial charge is 0.141 e. The number of anilines is 1. The average molecular weight is 278 g/mol. The van der Waals surface area contributed by atoms with Crippen molar-refractivity contribution >= 4 is 38.8 Å². The van der Waals surface area contributed by atoms with E-state index in [-0.39, 0.29) is 6.04 Å². The van der Waals surface area contributed by atoms with Crippen molar-refractivity contribution < 1.29 is 0 Å². The van der Waals surface area contributed by atoms with Gasteiger partial charge in [-0.2, -0.15) is 5.10 Å². The van der Waals surface area contributed by atoms with Gasteiger partial charge >= 0.3 is 0 Å². The second-order valence-corrected chi connectivity index (χ2v) is 5.71. The molecule has 0 aliphatic rings. The highest BCUT2D eigenvalue weighted by molar-refractivity contribution is 7.19. The Morgan fingerprint density at radius 1 is 1.39 bits per heavy atom. The van der Waals surface area contributed by atoms with Crippen LogP contribution >= 0.6 is 22.9 Å². The first-order valence-electron chi connectivity index (χ1n) is 5.64. The van der Waals surface area contributed by atoms with E-state index in [2.05, 4.69) is 30.2 Å². The first-order valence-corrected chi connectivity index (χ1v) is 6.83. The van der Waals surface area contributed by atoms with E-state index in [4.69, 9.17) is 17.3 Å². The van der Waals surface area contributed by atoms with Gasteiger partial charge in [0.25, 0.3) is 0 Å². The molecule has 0 bridgehead atoms. The predicted octanol–water partition coefficient (Wildman–Crippen LogP) is 3.94. The van der Waals surface area contributed by atoms with Gasteiger partial charge in [0.15, 0.2) is 0 Å². The Hall–Kier alpha value is -1.52. The summed E-state index contributed by atoms with van der Waals surface area (Å²) >= 11 is 7.69. The molecule has 3 rings (SSSR count). The summed E-state index contributed by atoms with van der Waals surface area (Å²) in [4.78, 5) is 1.22. The highest BCUT2D eigenvalue weighted by atomic mass is 35.5. The lowest BCUT2D eigenvalue weighted by Crippen LogP contribution is -2.10. The highest BCUT2D eigenvalue weighted by Gasteiger charge is 2.15. The van der Waals surface area contributed by atoms with Crippen LogP contribution in [0.1, 0.15) is 17.8 Å². The van der Waals surface area contributed by atoms with E-state index in [0.29, 0.717) is 10.8 Å². The van der Waals surface area contributed by atoms with E-state index < -0.39 is 0 Å². The number of hydrogen-bond acceptors (Lipinski definition) is 3. The minimum Gasteiger partial charge on any atom is -0.383 e. The first-order chi connectivity index (χ1) is 8.66. The lowest BCUT2D eigenvalue weighted by molar-refractivity contribution is 0.582. The van der Waals surface area contributed by atoms with Gasteiger partial charge in [-0.25, -0.2) is 4.68 Å². The minimum absolute atomic E-state index is 0.0925. The molecule has 1 aromatic carbocycles. The maximum Gasteiger partial charge on any atom is 0.141 e. The van der Waals surface area contributed by atoms with Crippen LogP contribution in [-0.2, 0) is 0 Å². The van der Waals surface area contributed by atoms with Gasteiger partial charge in [0.2, 0.25) is 0 Å². The van der Waals surface area contributed by atoms with E-state index in [1.165, 1.54) is 15.0 Å². The van der Waals surface area contributed by atoms with Crippen LogP contribution in [0.15, 0.2) is 36.5 Å². The van der Waals surface area contributed by atoms with Crippen LogP contribution < -0.4 is 5.73 Å². The van der Waals surface area contributed by atoms with Crippen molar-refractivity contribution in [2.75, 3.05) is 5.73 Å². The molecule has 0 saturated carbocycles. The van der Waals surface area contributed by atoms with Gasteiger partial charge in [-0.15, -0.1) is 11.3 Å². The normalized spacial score (nSPS) is 13.0. The average Bonchev–Trinajstić information content (AvgIpc) is 2.94. The molecule has 0 spiro atoms. The van der Waals surface area contributed by atoms with E-state index >= 15 is 0 Å². The van der Waals surface area contributed by atoms with Crippen molar-refractivity contribution in [3.05, 3.63) is 46.4 Å². The molecular weight excluding hydrogens is 266 g/mol. The summed E-state index contributed by atoms with van der Waals surface area (Å²) in [5.41, 5.74) is 5.91. The monoisotopic (exact) mass is 277 g/mol. The largest absolute Gasteiger partial charge is 0.383 e. The molecule has 18 heavy (non-hydrogen) atoms. The Kier molecular flexibility index (Phi) is 2.76. The maximum absolute atomic E-state index is 5.93. The molecule has 0 aliphatic carbocycles. The molecule has 1 unspecified atom stereocenters. The van der Waals surface area contributed by atoms with E-state index in [1.807, 2.05) is 12.1 Å². The molecule has 2 N–H and O–H groups in total. The van der Waals surface area contributed by atoms with Crippen molar-refractivity contribution in [3.8, 4) is 0 Å². The number of nitrogens with two attached hydrogens (primary N) is 1. The van der Waals surface area contributed by atoms with Crippen LogP contribution in [0, 0.1) is 0 Å². The highest BCUT2D eigenvalue weighted by Crippen LogP contribution is 2.33. The molecule has 0 radical (unpaired) electrons. The van der Waals surface area contributed by atoms with Crippen LogP contribution in [0.5, 0.6) is 0 Å². The minimum atomic E-state index is 0.0925. The lowest BCUT2D eigenvalue weighted by Gasteiger charge is -2.11. The summed E-state index contributed by atoms with van der Waals surface area (Å²) in [5, 5.41) is 5.98. The summed E-state index contributed by atoms with van der Waals surface area (Å²) in [6.07, 6.45) is 1.58. The van der Waals surface area contributed by atoms with E-state index in [1.54, 1.807) is 22.2 Å². The SMILES string of the molecule is CC(c1cc2ccccc2s1)n1ncc(Cl)c1N. The number of nitrogens with zero attached hydrogens (tertiary/aromatic N) is 2. The number of nitrogen functional groups attached to an aromatic ring is 1. The number of benzene rings is 1. The molecule has 1 atom stereocenters. The molecule has 0 aliphatic heterocycles. The number of rotatable bonds is 2. The van der Waals surface area contributed by atoms with Crippen LogP contribution in [0.2, 0.25) is 5.02 Å². The zero-order valence-electron chi connectivity index (χ0n) is 9.80. The van der Waals surface area contributed by atoms with Gasteiger partial charge in [0.05, 0.1) is 12.2 Å². The van der Waals surface area contributed by atoms with Gasteiger partial charge in [-0.1, -0.05) is 29.8 Å². The van der Waals surface area contributed by atoms with E-state index in [9.17, 15) is 0 Å². The van der Waals surface area contributed by atoms with Gasteiger partial charge in [-0.3, -0.25) is 0 Å². The fourth-order valence-corrected chi connectivity index (χ4v) is 3.22. The molecule has 3 aromatic rings. The second-order valence-electron chi connectivity index (χ2n) is 4.18. The summed E-state index contributed by atoms with van der Waals surface area (Å²) in [6, 6.07) is 10.6. The Labute approximate surface area is 114 Å². The van der Waals surface area contributed by atoms with Crippen molar-refractivity contribution in [1.82, 2.24) is 9.78 Å². The maximum atomic E-state index is 5.93. The van der Waals surface area contributed by atoms with Crippen LogP contribution in [0.25, 0.3) is 10.1 Å². The van der Waals surface area contributed by atoms with Gasteiger partial charge < -0.3 is 5.73 Å². The van der Waals surface area contributed by atoms with Crippen molar-refractivity contribution in [2.45, 2.75) is 13.0 Å². The van der Waals surface area contributed by atoms with E-state index in [0.717, 1.165) is 0 Å². The molecule has 0 fully saturated rings. The number of hydrogen-bond donors (Lipinski definition) is 1. The van der Waals surface area contributed by atoms with Gasteiger partial charge in [-0.05, 0) is 24.4 Å². The Balaban J connectivity index is 2.06. The quantitative estimate of drug-likeness (QED) is 0.771. The Morgan fingerprint density at radius 2 is 2.17 bits per heavy atom. The fraction of sp³-hybridized carbons (Fsp3) is 0.154. The molecule has 2 heterocycles. The molecule has 3 nitrogen and oxygen atoms in total. The lowest BCUT2D eigenvalue weighted by atomic mass is 10.2. The molecule has 92 valence electrons. The molecule has 5 heteroatoms. The third-order valence-electron chi connectivity index (χ3n) is 3.01. The van der Waals surface area contributed by atoms with Crippen LogP contribution in [0.4, 0.5) is 5.82 Å². The summed E-state index contributed by atoms with van der Waals surface area (Å²) in [7, 11) is 0. The molecular formula is C13H12ClN3S. The second kappa shape index (κ2) is 4.30. The Bertz CT molecular complexity index is 668. The van der Waals surface area contributed by atoms with Crippen molar-refractivity contribution in [2.24, 2.45) is 0 Å². The van der Waals surface area contributed by atoms with Gasteiger partial charge in [0, 0.05) is 9.58 Å². The summed E-state index contributed by atoms with van der Waals surface area (Å²) in [6.45, 7) is 2.07. The number of halogens is 1. The van der Waals surface area contributed by atoms with Gasteiger partial charge in [0.1, 0.15) is 10.8 Å². The number of aromatic nitrogens is 2. The Morgan fingerprint density at radius 3 is 2.83 bits per heavy atom. The fourth-order valence-electron chi connectivity index (χ4n) is 1.99. The zero-order chi connectivity index (χ0) is 12.7. The number of fused-ring (bicyclic) bond motifs is 1. The topological polar surface area (TPSA) is 43.8 Å². The third kappa shape index (κ3) is 1.78. The molecule has 0 amide bonds. The van der Waals surface area contributed by atoms with Crippen LogP contribution in [-0.4, -0.2) is 9.78 Å². The van der Waals surface area contributed by atoms with Crippen molar-refractivity contribution in [1.29, 1.82) is 0 Å². The van der Waals surface area contributed by atoms with Crippen LogP contribution in [0.3, 0.4) is 0 Å². The number of thiophene rings is 1. The first kappa shape index (κ1) is 11.6.